The smallest absolute Gasteiger partial charge is 0.182 e. The molecule has 1 aliphatic rings. The first-order valence-corrected chi connectivity index (χ1v) is 7.54. The van der Waals surface area contributed by atoms with Gasteiger partial charge in [-0.05, 0) is 30.9 Å². The second-order valence-corrected chi connectivity index (χ2v) is 6.82. The predicted molar refractivity (Wildman–Crippen MR) is 66.3 cm³/mol. The quantitative estimate of drug-likeness (QED) is 0.869. The molecule has 2 N–H and O–H groups in total. The molecule has 0 radical (unpaired) electrons. The first-order chi connectivity index (χ1) is 8.05. The molecule has 2 rings (SSSR count). The van der Waals surface area contributed by atoms with E-state index in [0.29, 0.717) is 4.90 Å². The van der Waals surface area contributed by atoms with Crippen LogP contribution in [0.3, 0.4) is 0 Å². The van der Waals surface area contributed by atoms with Crippen LogP contribution in [0, 0.1) is 0 Å². The molecule has 1 aromatic rings. The molecule has 0 spiro atoms. The molecule has 5 heteroatoms. The van der Waals surface area contributed by atoms with Crippen molar-refractivity contribution in [1.82, 2.24) is 4.98 Å². The van der Waals surface area contributed by atoms with E-state index in [9.17, 15) is 8.42 Å². The summed E-state index contributed by atoms with van der Waals surface area (Å²) in [6.45, 7) is 2.05. The van der Waals surface area contributed by atoms with Crippen LogP contribution in [0.4, 0.5) is 0 Å². The lowest BCUT2D eigenvalue weighted by molar-refractivity contribution is 0.593. The van der Waals surface area contributed by atoms with Crippen molar-refractivity contribution in [1.29, 1.82) is 0 Å². The predicted octanol–water partition coefficient (Wildman–Crippen LogP) is 1.82. The van der Waals surface area contributed by atoms with Crippen LogP contribution in [-0.2, 0) is 9.84 Å². The van der Waals surface area contributed by atoms with Gasteiger partial charge in [0.1, 0.15) is 0 Å². The molecule has 1 saturated carbocycles. The van der Waals surface area contributed by atoms with Gasteiger partial charge in [0.05, 0.1) is 10.1 Å². The number of rotatable bonds is 5. The number of sulfone groups is 1. The molecule has 0 bridgehead atoms. The van der Waals surface area contributed by atoms with Crippen molar-refractivity contribution in [2.24, 2.45) is 5.73 Å². The van der Waals surface area contributed by atoms with Gasteiger partial charge < -0.3 is 5.73 Å². The summed E-state index contributed by atoms with van der Waals surface area (Å²) in [7, 11) is -3.15. The molecule has 0 aliphatic heterocycles. The maximum atomic E-state index is 12.0. The van der Waals surface area contributed by atoms with Gasteiger partial charge in [0.15, 0.2) is 9.84 Å². The van der Waals surface area contributed by atoms with Gasteiger partial charge in [-0.1, -0.05) is 13.3 Å². The van der Waals surface area contributed by atoms with Gasteiger partial charge in [0.25, 0.3) is 0 Å². The number of hydrogen-bond acceptors (Lipinski definition) is 4. The lowest BCUT2D eigenvalue weighted by Gasteiger charge is -2.11. The summed E-state index contributed by atoms with van der Waals surface area (Å²) in [5.74, 6) is 0. The zero-order valence-corrected chi connectivity index (χ0v) is 10.8. The van der Waals surface area contributed by atoms with Crippen LogP contribution in [0.15, 0.2) is 23.4 Å². The number of aromatic nitrogens is 1. The Kier molecular flexibility index (Phi) is 3.49. The van der Waals surface area contributed by atoms with E-state index in [2.05, 4.69) is 11.9 Å². The van der Waals surface area contributed by atoms with Crippen molar-refractivity contribution < 1.29 is 8.42 Å². The molecule has 1 aliphatic carbocycles. The van der Waals surface area contributed by atoms with Crippen LogP contribution in [-0.4, -0.2) is 18.7 Å². The standard InChI is InChI=1S/C12H18N2O2S/c1-2-3-12(13)9-6-11(8-14-7-9)17(15,16)10-4-5-10/h6-8,10,12H,2-5,13H2,1H3. The maximum Gasteiger partial charge on any atom is 0.182 e. The van der Waals surface area contributed by atoms with Gasteiger partial charge in [0, 0.05) is 18.4 Å². The van der Waals surface area contributed by atoms with Crippen molar-refractivity contribution in [3.63, 3.8) is 0 Å². The number of pyridine rings is 1. The molecule has 4 nitrogen and oxygen atoms in total. The fraction of sp³-hybridized carbons (Fsp3) is 0.583. The number of hydrogen-bond donors (Lipinski definition) is 1. The Labute approximate surface area is 102 Å². The Balaban J connectivity index is 2.28. The highest BCUT2D eigenvalue weighted by atomic mass is 32.2. The Morgan fingerprint density at radius 2 is 2.18 bits per heavy atom. The molecule has 1 aromatic heterocycles. The van der Waals surface area contributed by atoms with Crippen molar-refractivity contribution in [3.8, 4) is 0 Å². The molecular weight excluding hydrogens is 236 g/mol. The van der Waals surface area contributed by atoms with Gasteiger partial charge in [-0.3, -0.25) is 4.98 Å². The maximum absolute atomic E-state index is 12.0. The highest BCUT2D eigenvalue weighted by molar-refractivity contribution is 7.92. The molecular formula is C12H18N2O2S. The summed E-state index contributed by atoms with van der Waals surface area (Å²) < 4.78 is 24.1. The van der Waals surface area contributed by atoms with Crippen molar-refractivity contribution in [2.75, 3.05) is 0 Å². The Morgan fingerprint density at radius 1 is 1.47 bits per heavy atom. The van der Waals surface area contributed by atoms with Gasteiger partial charge in [0.2, 0.25) is 0 Å². The van der Waals surface area contributed by atoms with Gasteiger partial charge in [-0.2, -0.15) is 0 Å². The molecule has 0 amide bonds. The van der Waals surface area contributed by atoms with Crippen LogP contribution in [0.5, 0.6) is 0 Å². The van der Waals surface area contributed by atoms with Crippen molar-refractivity contribution >= 4 is 9.84 Å². The van der Waals surface area contributed by atoms with Gasteiger partial charge >= 0.3 is 0 Å². The molecule has 1 atom stereocenters. The van der Waals surface area contributed by atoms with E-state index in [0.717, 1.165) is 31.2 Å². The third kappa shape index (κ3) is 2.66. The summed E-state index contributed by atoms with van der Waals surface area (Å²) >= 11 is 0. The second-order valence-electron chi connectivity index (χ2n) is 4.59. The normalized spacial score (nSPS) is 18.0. The van der Waals surface area contributed by atoms with E-state index in [1.807, 2.05) is 0 Å². The van der Waals surface area contributed by atoms with Crippen LogP contribution in [0.2, 0.25) is 0 Å². The topological polar surface area (TPSA) is 73.0 Å². The minimum absolute atomic E-state index is 0.123. The van der Waals surface area contributed by atoms with E-state index < -0.39 is 9.84 Å². The Bertz CT molecular complexity index is 495. The summed E-state index contributed by atoms with van der Waals surface area (Å²) in [5, 5.41) is -0.193. The first kappa shape index (κ1) is 12.5. The van der Waals surface area contributed by atoms with Crippen LogP contribution < -0.4 is 5.73 Å². The van der Waals surface area contributed by atoms with Crippen LogP contribution in [0.25, 0.3) is 0 Å². The average molecular weight is 254 g/mol. The fourth-order valence-electron chi connectivity index (χ4n) is 1.84. The summed E-state index contributed by atoms with van der Waals surface area (Å²) in [4.78, 5) is 4.33. The van der Waals surface area contributed by atoms with E-state index in [1.54, 1.807) is 12.3 Å². The van der Waals surface area contributed by atoms with E-state index >= 15 is 0 Å². The van der Waals surface area contributed by atoms with Gasteiger partial charge in [-0.25, -0.2) is 8.42 Å². The minimum atomic E-state index is -3.15. The van der Waals surface area contributed by atoms with E-state index in [1.165, 1.54) is 6.20 Å². The lowest BCUT2D eigenvalue weighted by atomic mass is 10.1. The monoisotopic (exact) mass is 254 g/mol. The largest absolute Gasteiger partial charge is 0.324 e. The van der Waals surface area contributed by atoms with E-state index in [-0.39, 0.29) is 11.3 Å². The van der Waals surface area contributed by atoms with Crippen LogP contribution in [0.1, 0.15) is 44.2 Å². The van der Waals surface area contributed by atoms with Crippen LogP contribution >= 0.6 is 0 Å². The SMILES string of the molecule is CCCC(N)c1cncc(S(=O)(=O)C2CC2)c1. The Hall–Kier alpha value is -0.940. The molecule has 94 valence electrons. The molecule has 1 fully saturated rings. The summed E-state index contributed by atoms with van der Waals surface area (Å²) in [5.41, 5.74) is 6.79. The first-order valence-electron chi connectivity index (χ1n) is 6.00. The highest BCUT2D eigenvalue weighted by Crippen LogP contribution is 2.33. The van der Waals surface area contributed by atoms with E-state index in [4.69, 9.17) is 5.73 Å². The average Bonchev–Trinajstić information content (AvgIpc) is 3.13. The zero-order chi connectivity index (χ0) is 12.5. The molecule has 0 saturated heterocycles. The second kappa shape index (κ2) is 4.74. The summed E-state index contributed by atoms with van der Waals surface area (Å²) in [6.07, 6.45) is 6.44. The zero-order valence-electron chi connectivity index (χ0n) is 9.96. The Morgan fingerprint density at radius 3 is 2.76 bits per heavy atom. The fourth-order valence-corrected chi connectivity index (χ4v) is 3.49. The lowest BCUT2D eigenvalue weighted by Crippen LogP contribution is -2.13. The van der Waals surface area contributed by atoms with Gasteiger partial charge in [-0.15, -0.1) is 0 Å². The third-order valence-electron chi connectivity index (χ3n) is 3.05. The highest BCUT2D eigenvalue weighted by Gasteiger charge is 2.37. The minimum Gasteiger partial charge on any atom is -0.324 e. The molecule has 1 heterocycles. The van der Waals surface area contributed by atoms with Crippen molar-refractivity contribution in [3.05, 3.63) is 24.0 Å². The number of nitrogens with two attached hydrogens (primary N) is 1. The number of nitrogens with zero attached hydrogens (tertiary/aromatic N) is 1. The molecule has 0 aromatic carbocycles. The van der Waals surface area contributed by atoms with Crippen molar-refractivity contribution in [2.45, 2.75) is 48.8 Å². The molecule has 17 heavy (non-hydrogen) atoms. The molecule has 1 unspecified atom stereocenters. The summed E-state index contributed by atoms with van der Waals surface area (Å²) in [6, 6.07) is 1.56. The third-order valence-corrected chi connectivity index (χ3v) is 5.28.